The van der Waals surface area contributed by atoms with Crippen LogP contribution in [0.25, 0.3) is 0 Å². The Labute approximate surface area is 115 Å². The van der Waals surface area contributed by atoms with Crippen LogP contribution in [0.2, 0.25) is 10.0 Å². The number of rotatable bonds is 4. The smallest absolute Gasteiger partial charge is 0.0465 e. The van der Waals surface area contributed by atoms with Gasteiger partial charge in [0.1, 0.15) is 0 Å². The van der Waals surface area contributed by atoms with Gasteiger partial charge >= 0.3 is 0 Å². The molecule has 0 radical (unpaired) electrons. The van der Waals surface area contributed by atoms with Crippen molar-refractivity contribution >= 4 is 23.2 Å². The Kier molecular flexibility index (Phi) is 5.30. The van der Waals surface area contributed by atoms with Crippen molar-refractivity contribution in [1.29, 1.82) is 0 Å². The zero-order valence-corrected chi connectivity index (χ0v) is 12.5. The van der Waals surface area contributed by atoms with E-state index in [1.54, 1.807) is 6.07 Å². The van der Waals surface area contributed by atoms with E-state index in [-0.39, 0.29) is 5.41 Å². The van der Waals surface area contributed by atoms with Crippen LogP contribution in [0.3, 0.4) is 0 Å². The maximum atomic E-state index is 6.15. The van der Waals surface area contributed by atoms with Crippen molar-refractivity contribution in [3.05, 3.63) is 33.8 Å². The zero-order valence-electron chi connectivity index (χ0n) is 11.0. The molecule has 1 atom stereocenters. The maximum absolute atomic E-state index is 6.15. The van der Waals surface area contributed by atoms with E-state index in [9.17, 15) is 0 Å². The molecule has 1 aromatic carbocycles. The summed E-state index contributed by atoms with van der Waals surface area (Å²) in [6.45, 7) is 9.73. The summed E-state index contributed by atoms with van der Waals surface area (Å²) < 4.78 is 0. The van der Waals surface area contributed by atoms with Crippen LogP contribution < -0.4 is 5.32 Å². The predicted octanol–water partition coefficient (Wildman–Crippen LogP) is 4.91. The van der Waals surface area contributed by atoms with Gasteiger partial charge in [-0.1, -0.05) is 57.0 Å². The first kappa shape index (κ1) is 14.8. The predicted molar refractivity (Wildman–Crippen MR) is 76.8 cm³/mol. The Balaban J connectivity index is 2.66. The van der Waals surface area contributed by atoms with Crippen molar-refractivity contribution in [2.24, 2.45) is 5.41 Å². The van der Waals surface area contributed by atoms with E-state index in [2.05, 4.69) is 33.0 Å². The molecule has 0 amide bonds. The van der Waals surface area contributed by atoms with Gasteiger partial charge in [0.15, 0.2) is 0 Å². The third-order valence-electron chi connectivity index (χ3n) is 3.01. The van der Waals surface area contributed by atoms with Gasteiger partial charge in [0.25, 0.3) is 0 Å². The minimum atomic E-state index is 0.258. The number of hydrogen-bond donors (Lipinski definition) is 1. The van der Waals surface area contributed by atoms with Gasteiger partial charge in [0, 0.05) is 22.6 Å². The highest BCUT2D eigenvalue weighted by Gasteiger charge is 2.22. The summed E-state index contributed by atoms with van der Waals surface area (Å²) in [5.41, 5.74) is 1.35. The molecule has 0 aliphatic rings. The van der Waals surface area contributed by atoms with E-state index in [1.807, 2.05) is 12.1 Å². The van der Waals surface area contributed by atoms with Crippen molar-refractivity contribution in [2.75, 3.05) is 0 Å². The lowest BCUT2D eigenvalue weighted by molar-refractivity contribution is 0.259. The fourth-order valence-corrected chi connectivity index (χ4v) is 2.44. The average molecular weight is 274 g/mol. The summed E-state index contributed by atoms with van der Waals surface area (Å²) in [5.74, 6) is 0. The minimum absolute atomic E-state index is 0.258. The fourth-order valence-electron chi connectivity index (χ4n) is 1.96. The van der Waals surface area contributed by atoms with Gasteiger partial charge < -0.3 is 5.32 Å². The van der Waals surface area contributed by atoms with Crippen LogP contribution in [0.15, 0.2) is 18.2 Å². The molecule has 0 aromatic heterocycles. The largest absolute Gasteiger partial charge is 0.309 e. The lowest BCUT2D eigenvalue weighted by atomic mass is 9.85. The molecular weight excluding hydrogens is 253 g/mol. The Morgan fingerprint density at radius 1 is 1.24 bits per heavy atom. The van der Waals surface area contributed by atoms with Crippen molar-refractivity contribution in [3.8, 4) is 0 Å². The summed E-state index contributed by atoms with van der Waals surface area (Å²) in [6.07, 6.45) is 1.11. The van der Waals surface area contributed by atoms with Crippen LogP contribution in [0, 0.1) is 5.41 Å². The van der Waals surface area contributed by atoms with Gasteiger partial charge in [0.2, 0.25) is 0 Å². The van der Waals surface area contributed by atoms with E-state index in [4.69, 9.17) is 23.2 Å². The molecule has 1 N–H and O–H groups in total. The van der Waals surface area contributed by atoms with Gasteiger partial charge in [-0.15, -0.1) is 0 Å². The molecule has 0 heterocycles. The number of halogens is 2. The lowest BCUT2D eigenvalue weighted by Crippen LogP contribution is -2.39. The van der Waals surface area contributed by atoms with E-state index in [0.29, 0.717) is 11.1 Å². The molecular formula is C14H21Cl2N. The first-order valence-corrected chi connectivity index (χ1v) is 6.77. The molecule has 1 unspecified atom stereocenters. The second-order valence-corrected chi connectivity index (χ2v) is 6.29. The Morgan fingerprint density at radius 2 is 1.88 bits per heavy atom. The lowest BCUT2D eigenvalue weighted by Gasteiger charge is -2.31. The third kappa shape index (κ3) is 4.50. The molecule has 1 nitrogen and oxygen atoms in total. The minimum Gasteiger partial charge on any atom is -0.309 e. The van der Waals surface area contributed by atoms with Crippen LogP contribution in [0.4, 0.5) is 0 Å². The first-order chi connectivity index (χ1) is 7.84. The molecule has 0 saturated carbocycles. The molecule has 0 aliphatic heterocycles. The van der Waals surface area contributed by atoms with Gasteiger partial charge in [-0.25, -0.2) is 0 Å². The van der Waals surface area contributed by atoms with Gasteiger partial charge in [0.05, 0.1) is 0 Å². The monoisotopic (exact) mass is 273 g/mol. The van der Waals surface area contributed by atoms with Gasteiger partial charge in [-0.05, 0) is 29.5 Å². The molecule has 1 rings (SSSR count). The number of benzene rings is 1. The van der Waals surface area contributed by atoms with Crippen LogP contribution in [0.1, 0.15) is 39.7 Å². The van der Waals surface area contributed by atoms with Crippen LogP contribution in [-0.2, 0) is 6.54 Å². The number of nitrogens with one attached hydrogen (secondary N) is 1. The van der Waals surface area contributed by atoms with Crippen molar-refractivity contribution in [2.45, 2.75) is 46.7 Å². The summed E-state index contributed by atoms with van der Waals surface area (Å²) in [5, 5.41) is 4.97. The summed E-state index contributed by atoms with van der Waals surface area (Å²) >= 11 is 12.0. The average Bonchev–Trinajstić information content (AvgIpc) is 2.19. The Bertz CT molecular complexity index is 369. The second-order valence-electron chi connectivity index (χ2n) is 5.44. The molecule has 96 valence electrons. The second kappa shape index (κ2) is 6.08. The van der Waals surface area contributed by atoms with Gasteiger partial charge in [-0.2, -0.15) is 0 Å². The Morgan fingerprint density at radius 3 is 2.35 bits per heavy atom. The standard InChI is InChI=1S/C14H21Cl2N/c1-5-13(14(2,3)4)17-9-10-6-7-11(15)8-12(10)16/h6-8,13,17H,5,9H2,1-4H3. The highest BCUT2D eigenvalue weighted by Crippen LogP contribution is 2.24. The molecule has 0 saturated heterocycles. The zero-order chi connectivity index (χ0) is 13.1. The first-order valence-electron chi connectivity index (χ1n) is 6.02. The van der Waals surface area contributed by atoms with Gasteiger partial charge in [-0.3, -0.25) is 0 Å². The highest BCUT2D eigenvalue weighted by molar-refractivity contribution is 6.35. The quantitative estimate of drug-likeness (QED) is 0.822. The van der Waals surface area contributed by atoms with E-state index in [0.717, 1.165) is 23.6 Å². The van der Waals surface area contributed by atoms with Crippen molar-refractivity contribution in [1.82, 2.24) is 5.32 Å². The van der Waals surface area contributed by atoms with Crippen molar-refractivity contribution in [3.63, 3.8) is 0 Å². The molecule has 0 aliphatic carbocycles. The fraction of sp³-hybridized carbons (Fsp3) is 0.571. The van der Waals surface area contributed by atoms with Crippen LogP contribution in [0.5, 0.6) is 0 Å². The van der Waals surface area contributed by atoms with Crippen LogP contribution >= 0.6 is 23.2 Å². The summed E-state index contributed by atoms with van der Waals surface area (Å²) in [6, 6.07) is 6.13. The van der Waals surface area contributed by atoms with E-state index >= 15 is 0 Å². The highest BCUT2D eigenvalue weighted by atomic mass is 35.5. The third-order valence-corrected chi connectivity index (χ3v) is 3.59. The molecule has 0 bridgehead atoms. The van der Waals surface area contributed by atoms with E-state index < -0.39 is 0 Å². The van der Waals surface area contributed by atoms with Crippen LogP contribution in [-0.4, -0.2) is 6.04 Å². The van der Waals surface area contributed by atoms with Crippen molar-refractivity contribution < 1.29 is 0 Å². The molecule has 1 aromatic rings. The Hall–Kier alpha value is -0.240. The molecule has 0 fully saturated rings. The topological polar surface area (TPSA) is 12.0 Å². The molecule has 3 heteroatoms. The maximum Gasteiger partial charge on any atom is 0.0465 e. The molecule has 17 heavy (non-hydrogen) atoms. The summed E-state index contributed by atoms with van der Waals surface area (Å²) in [7, 11) is 0. The van der Waals surface area contributed by atoms with E-state index in [1.165, 1.54) is 0 Å². The summed E-state index contributed by atoms with van der Waals surface area (Å²) in [4.78, 5) is 0. The SMILES string of the molecule is CCC(NCc1ccc(Cl)cc1Cl)C(C)(C)C. The number of hydrogen-bond acceptors (Lipinski definition) is 1. The normalized spacial score (nSPS) is 13.8. The molecule has 0 spiro atoms.